The van der Waals surface area contributed by atoms with Crippen LogP contribution in [0.2, 0.25) is 0 Å². The van der Waals surface area contributed by atoms with Crippen LogP contribution in [0.3, 0.4) is 0 Å². The fraction of sp³-hybridized carbons (Fsp3) is 0.300. The lowest BCUT2D eigenvalue weighted by Crippen LogP contribution is -2.32. The zero-order chi connectivity index (χ0) is 19.5. The monoisotopic (exact) mass is 379 g/mol. The first-order valence-electron chi connectivity index (χ1n) is 9.19. The topological polar surface area (TPSA) is 91.0 Å². The molecule has 2 heterocycles. The number of methoxy groups -OCH3 is 1. The normalized spacial score (nSPS) is 13.3. The van der Waals surface area contributed by atoms with Gasteiger partial charge in [0.15, 0.2) is 5.82 Å². The molecule has 28 heavy (non-hydrogen) atoms. The molecule has 8 nitrogen and oxygen atoms in total. The lowest BCUT2D eigenvalue weighted by molar-refractivity contribution is 0.0951. The summed E-state index contributed by atoms with van der Waals surface area (Å²) in [4.78, 5) is 28.9. The van der Waals surface area contributed by atoms with Gasteiger partial charge in [-0.25, -0.2) is 9.48 Å². The fourth-order valence-electron chi connectivity index (χ4n) is 3.05. The number of carbonyl (C=O) groups is 1. The highest BCUT2D eigenvalue weighted by Crippen LogP contribution is 2.36. The summed E-state index contributed by atoms with van der Waals surface area (Å²) in [5, 5.41) is 7.34. The molecule has 1 saturated carbocycles. The standard InChI is InChI=1S/C20H21N5O3/c1-28-17-6-2-14(3-7-17)18-23-24(20(27)25(18)16-4-5-16)13-12-22-19(26)15-8-10-21-11-9-15/h2-3,6-11,16H,4-5,12-13H2,1H3,(H,22,26). The molecular formula is C20H21N5O3. The molecule has 1 aliphatic rings. The first kappa shape index (κ1) is 18.0. The molecule has 8 heteroatoms. The zero-order valence-corrected chi connectivity index (χ0v) is 15.5. The van der Waals surface area contributed by atoms with Crippen LogP contribution in [0.1, 0.15) is 29.2 Å². The van der Waals surface area contributed by atoms with Gasteiger partial charge < -0.3 is 10.1 Å². The fourth-order valence-corrected chi connectivity index (χ4v) is 3.05. The van der Waals surface area contributed by atoms with Gasteiger partial charge in [0, 0.05) is 36.1 Å². The molecule has 0 unspecified atom stereocenters. The molecule has 0 radical (unpaired) electrons. The van der Waals surface area contributed by atoms with Crippen LogP contribution in [-0.4, -0.2) is 38.9 Å². The van der Waals surface area contributed by atoms with Gasteiger partial charge in [-0.2, -0.15) is 0 Å². The van der Waals surface area contributed by atoms with Crippen molar-refractivity contribution in [1.82, 2.24) is 24.6 Å². The van der Waals surface area contributed by atoms with Crippen molar-refractivity contribution in [1.29, 1.82) is 0 Å². The Morgan fingerprint density at radius 2 is 1.89 bits per heavy atom. The van der Waals surface area contributed by atoms with Crippen LogP contribution in [0.4, 0.5) is 0 Å². The highest BCUT2D eigenvalue weighted by molar-refractivity contribution is 5.93. The van der Waals surface area contributed by atoms with Gasteiger partial charge in [0.25, 0.3) is 5.91 Å². The Labute approximate surface area is 161 Å². The first-order chi connectivity index (χ1) is 13.7. The predicted octanol–water partition coefficient (Wildman–Crippen LogP) is 1.88. The number of nitrogens with one attached hydrogen (secondary N) is 1. The molecule has 4 rings (SSSR count). The molecule has 0 aliphatic heterocycles. The number of hydrogen-bond acceptors (Lipinski definition) is 5. The molecule has 0 atom stereocenters. The predicted molar refractivity (Wildman–Crippen MR) is 103 cm³/mol. The van der Waals surface area contributed by atoms with E-state index in [0.717, 1.165) is 24.2 Å². The number of pyridine rings is 1. The van der Waals surface area contributed by atoms with Crippen molar-refractivity contribution in [3.05, 3.63) is 64.8 Å². The highest BCUT2D eigenvalue weighted by Gasteiger charge is 2.30. The summed E-state index contributed by atoms with van der Waals surface area (Å²) in [5.74, 6) is 1.20. The Morgan fingerprint density at radius 1 is 1.18 bits per heavy atom. The Hall–Kier alpha value is -3.42. The lowest BCUT2D eigenvalue weighted by Gasteiger charge is -2.04. The first-order valence-corrected chi connectivity index (χ1v) is 9.19. The van der Waals surface area contributed by atoms with E-state index in [2.05, 4.69) is 15.4 Å². The van der Waals surface area contributed by atoms with Crippen LogP contribution < -0.4 is 15.7 Å². The number of hydrogen-bond donors (Lipinski definition) is 1. The van der Waals surface area contributed by atoms with E-state index in [-0.39, 0.29) is 17.6 Å². The van der Waals surface area contributed by atoms with Crippen molar-refractivity contribution in [3.63, 3.8) is 0 Å². The van der Waals surface area contributed by atoms with Crippen LogP contribution in [0.5, 0.6) is 5.75 Å². The maximum atomic E-state index is 12.8. The summed E-state index contributed by atoms with van der Waals surface area (Å²) in [6, 6.07) is 11.0. The average Bonchev–Trinajstić information content (AvgIpc) is 3.52. The summed E-state index contributed by atoms with van der Waals surface area (Å²) >= 11 is 0. The number of aromatic nitrogens is 4. The van der Waals surface area contributed by atoms with Gasteiger partial charge in [0.1, 0.15) is 5.75 Å². The minimum absolute atomic E-state index is 0.147. The number of rotatable bonds is 7. The maximum Gasteiger partial charge on any atom is 0.346 e. The average molecular weight is 379 g/mol. The van der Waals surface area contributed by atoms with Crippen LogP contribution >= 0.6 is 0 Å². The molecule has 0 saturated heterocycles. The Kier molecular flexibility index (Phi) is 4.92. The van der Waals surface area contributed by atoms with Gasteiger partial charge in [-0.05, 0) is 49.2 Å². The third-order valence-corrected chi connectivity index (χ3v) is 4.68. The van der Waals surface area contributed by atoms with Gasteiger partial charge in [0.05, 0.1) is 13.7 Å². The molecule has 1 aliphatic carbocycles. The van der Waals surface area contributed by atoms with E-state index in [1.54, 1.807) is 36.2 Å². The van der Waals surface area contributed by atoms with Gasteiger partial charge >= 0.3 is 5.69 Å². The van der Waals surface area contributed by atoms with Crippen LogP contribution in [0, 0.1) is 0 Å². The zero-order valence-electron chi connectivity index (χ0n) is 15.5. The molecule has 144 valence electrons. The lowest BCUT2D eigenvalue weighted by atomic mass is 10.2. The highest BCUT2D eigenvalue weighted by atomic mass is 16.5. The molecule has 2 aromatic heterocycles. The SMILES string of the molecule is COc1ccc(-c2nn(CCNC(=O)c3ccncc3)c(=O)n2C2CC2)cc1. The number of ether oxygens (including phenoxy) is 1. The van der Waals surface area contributed by atoms with E-state index >= 15 is 0 Å². The molecule has 0 bridgehead atoms. The second-order valence-corrected chi connectivity index (χ2v) is 6.65. The molecular weight excluding hydrogens is 358 g/mol. The van der Waals surface area contributed by atoms with Gasteiger partial charge in [-0.3, -0.25) is 14.3 Å². The summed E-state index contributed by atoms with van der Waals surface area (Å²) < 4.78 is 8.38. The van der Waals surface area contributed by atoms with E-state index in [1.165, 1.54) is 4.68 Å². The molecule has 1 N–H and O–H groups in total. The molecule has 3 aromatic rings. The molecule has 1 fully saturated rings. The minimum Gasteiger partial charge on any atom is -0.497 e. The summed E-state index contributed by atoms with van der Waals surface area (Å²) in [6.07, 6.45) is 5.09. The van der Waals surface area contributed by atoms with Crippen LogP contribution in [-0.2, 0) is 6.54 Å². The summed E-state index contributed by atoms with van der Waals surface area (Å²) in [5.41, 5.74) is 1.25. The smallest absolute Gasteiger partial charge is 0.346 e. The van der Waals surface area contributed by atoms with Crippen molar-refractivity contribution in [2.45, 2.75) is 25.4 Å². The quantitative estimate of drug-likeness (QED) is 0.677. The molecule has 1 amide bonds. The van der Waals surface area contributed by atoms with Gasteiger partial charge in [-0.15, -0.1) is 5.10 Å². The Balaban J connectivity index is 1.51. The van der Waals surface area contributed by atoms with Crippen molar-refractivity contribution < 1.29 is 9.53 Å². The number of benzene rings is 1. The number of carbonyl (C=O) groups excluding carboxylic acids is 1. The van der Waals surface area contributed by atoms with Gasteiger partial charge in [-0.1, -0.05) is 0 Å². The van der Waals surface area contributed by atoms with Crippen molar-refractivity contribution in [2.24, 2.45) is 0 Å². The Bertz CT molecular complexity index is 1020. The van der Waals surface area contributed by atoms with Crippen LogP contribution in [0.15, 0.2) is 53.6 Å². The van der Waals surface area contributed by atoms with Crippen molar-refractivity contribution in [3.8, 4) is 17.1 Å². The van der Waals surface area contributed by atoms with E-state index in [4.69, 9.17) is 4.74 Å². The number of nitrogens with zero attached hydrogens (tertiary/aromatic N) is 4. The second-order valence-electron chi connectivity index (χ2n) is 6.65. The third-order valence-electron chi connectivity index (χ3n) is 4.68. The molecule has 0 spiro atoms. The largest absolute Gasteiger partial charge is 0.497 e. The Morgan fingerprint density at radius 3 is 2.54 bits per heavy atom. The number of amides is 1. The molecule has 1 aromatic carbocycles. The summed E-state index contributed by atoms with van der Waals surface area (Å²) in [6.45, 7) is 0.614. The van der Waals surface area contributed by atoms with Crippen LogP contribution in [0.25, 0.3) is 11.4 Å². The maximum absolute atomic E-state index is 12.8. The summed E-state index contributed by atoms with van der Waals surface area (Å²) in [7, 11) is 1.62. The van der Waals surface area contributed by atoms with E-state index in [1.807, 2.05) is 24.3 Å². The minimum atomic E-state index is -0.201. The van der Waals surface area contributed by atoms with Gasteiger partial charge in [0.2, 0.25) is 0 Å². The second kappa shape index (κ2) is 7.67. The third kappa shape index (κ3) is 3.66. The van der Waals surface area contributed by atoms with Crippen molar-refractivity contribution >= 4 is 5.91 Å². The van der Waals surface area contributed by atoms with Crippen molar-refractivity contribution in [2.75, 3.05) is 13.7 Å². The van der Waals surface area contributed by atoms with E-state index in [9.17, 15) is 9.59 Å². The van der Waals surface area contributed by atoms with E-state index < -0.39 is 0 Å². The van der Waals surface area contributed by atoms with E-state index in [0.29, 0.717) is 24.5 Å².